The van der Waals surface area contributed by atoms with Gasteiger partial charge in [-0.2, -0.15) is 0 Å². The topological polar surface area (TPSA) is 43.4 Å². The van der Waals surface area contributed by atoms with E-state index in [2.05, 4.69) is 29.4 Å². The highest BCUT2D eigenvalue weighted by atomic mass is 16.5. The number of hydrogen-bond acceptors (Lipinski definition) is 4. The summed E-state index contributed by atoms with van der Waals surface area (Å²) in [6.45, 7) is 2.89. The summed E-state index contributed by atoms with van der Waals surface area (Å²) in [7, 11) is 1.68. The molecule has 110 valence electrons. The van der Waals surface area contributed by atoms with Gasteiger partial charge in [0.1, 0.15) is 11.5 Å². The van der Waals surface area contributed by atoms with E-state index >= 15 is 0 Å². The van der Waals surface area contributed by atoms with Crippen molar-refractivity contribution in [2.24, 2.45) is 0 Å². The Bertz CT molecular complexity index is 598. The highest BCUT2D eigenvalue weighted by Gasteiger charge is 2.24. The first kappa shape index (κ1) is 13.9. The number of aromatic nitrogens is 1. The van der Waals surface area contributed by atoms with Crippen LogP contribution in [-0.2, 0) is 0 Å². The van der Waals surface area contributed by atoms with E-state index in [1.807, 2.05) is 30.5 Å². The Morgan fingerprint density at radius 2 is 2.10 bits per heavy atom. The summed E-state index contributed by atoms with van der Waals surface area (Å²) in [6.07, 6.45) is 2.75. The van der Waals surface area contributed by atoms with Crippen LogP contribution in [-0.4, -0.2) is 18.7 Å². The normalized spacial score (nSPS) is 18.5. The zero-order valence-corrected chi connectivity index (χ0v) is 12.4. The van der Waals surface area contributed by atoms with Crippen LogP contribution in [0, 0.1) is 0 Å². The fourth-order valence-corrected chi connectivity index (χ4v) is 2.66. The molecule has 1 N–H and O–H groups in total. The lowest BCUT2D eigenvalue weighted by Crippen LogP contribution is -2.30. The van der Waals surface area contributed by atoms with Crippen LogP contribution in [0.5, 0.6) is 11.5 Å². The third kappa shape index (κ3) is 3.00. The highest BCUT2D eigenvalue weighted by Crippen LogP contribution is 2.31. The lowest BCUT2D eigenvalue weighted by Gasteiger charge is -2.28. The van der Waals surface area contributed by atoms with Gasteiger partial charge in [0.05, 0.1) is 25.5 Å². The Hall–Kier alpha value is -2.07. The number of nitrogens with one attached hydrogen (secondary N) is 1. The standard InChI is InChI=1S/C17H20N2O2/c1-12(13-5-7-14(20-2)8-6-13)19-15-9-11-21-16-4-3-10-18-17(15)16/h3-8,10,12,15,19H,9,11H2,1-2H3/t12-,15-/m0/s1. The first-order valence-electron chi connectivity index (χ1n) is 7.25. The zero-order valence-electron chi connectivity index (χ0n) is 12.4. The van der Waals surface area contributed by atoms with Gasteiger partial charge in [-0.05, 0) is 36.8 Å². The van der Waals surface area contributed by atoms with Gasteiger partial charge in [0.25, 0.3) is 0 Å². The Morgan fingerprint density at radius 3 is 2.86 bits per heavy atom. The van der Waals surface area contributed by atoms with Crippen molar-refractivity contribution in [1.29, 1.82) is 0 Å². The fraction of sp³-hybridized carbons (Fsp3) is 0.353. The molecule has 1 aromatic heterocycles. The molecule has 1 aliphatic heterocycles. The summed E-state index contributed by atoms with van der Waals surface area (Å²) in [5.74, 6) is 1.77. The van der Waals surface area contributed by atoms with Crippen LogP contribution in [0.15, 0.2) is 42.6 Å². The van der Waals surface area contributed by atoms with Crippen LogP contribution < -0.4 is 14.8 Å². The molecular weight excluding hydrogens is 264 g/mol. The van der Waals surface area contributed by atoms with Crippen molar-refractivity contribution in [3.63, 3.8) is 0 Å². The molecule has 0 spiro atoms. The molecule has 2 atom stereocenters. The van der Waals surface area contributed by atoms with E-state index in [-0.39, 0.29) is 12.1 Å². The van der Waals surface area contributed by atoms with Crippen molar-refractivity contribution < 1.29 is 9.47 Å². The van der Waals surface area contributed by atoms with Crippen LogP contribution in [0.25, 0.3) is 0 Å². The molecule has 0 unspecified atom stereocenters. The molecule has 0 saturated heterocycles. The van der Waals surface area contributed by atoms with E-state index in [1.54, 1.807) is 7.11 Å². The molecule has 21 heavy (non-hydrogen) atoms. The quantitative estimate of drug-likeness (QED) is 0.936. The second kappa shape index (κ2) is 6.14. The van der Waals surface area contributed by atoms with Crippen LogP contribution in [0.4, 0.5) is 0 Å². The highest BCUT2D eigenvalue weighted by molar-refractivity contribution is 5.32. The van der Waals surface area contributed by atoms with Crippen molar-refractivity contribution >= 4 is 0 Å². The summed E-state index contributed by atoms with van der Waals surface area (Å²) < 4.78 is 10.9. The number of nitrogens with zero attached hydrogens (tertiary/aromatic N) is 1. The van der Waals surface area contributed by atoms with E-state index in [0.29, 0.717) is 0 Å². The molecule has 0 amide bonds. The number of benzene rings is 1. The summed E-state index contributed by atoms with van der Waals surface area (Å²) in [5, 5.41) is 3.65. The molecule has 2 heterocycles. The number of hydrogen-bond donors (Lipinski definition) is 1. The van der Waals surface area contributed by atoms with Gasteiger partial charge in [0.15, 0.2) is 0 Å². The number of rotatable bonds is 4. The third-order valence-corrected chi connectivity index (χ3v) is 3.86. The van der Waals surface area contributed by atoms with Gasteiger partial charge in [0, 0.05) is 18.7 Å². The second-order valence-corrected chi connectivity index (χ2v) is 5.24. The SMILES string of the molecule is COc1ccc([C@H](C)N[C@H]2CCOc3cccnc32)cc1. The molecule has 2 aromatic rings. The van der Waals surface area contributed by atoms with Crippen molar-refractivity contribution in [2.45, 2.75) is 25.4 Å². The predicted octanol–water partition coefficient (Wildman–Crippen LogP) is 3.26. The molecule has 0 aliphatic carbocycles. The minimum Gasteiger partial charge on any atom is -0.497 e. The van der Waals surface area contributed by atoms with E-state index in [0.717, 1.165) is 30.2 Å². The molecule has 0 radical (unpaired) electrons. The maximum absolute atomic E-state index is 5.65. The smallest absolute Gasteiger partial charge is 0.142 e. The van der Waals surface area contributed by atoms with Crippen molar-refractivity contribution in [1.82, 2.24) is 10.3 Å². The minimum atomic E-state index is 0.229. The number of fused-ring (bicyclic) bond motifs is 1. The van der Waals surface area contributed by atoms with Crippen molar-refractivity contribution in [3.05, 3.63) is 53.9 Å². The van der Waals surface area contributed by atoms with E-state index in [9.17, 15) is 0 Å². The molecule has 1 aliphatic rings. The zero-order chi connectivity index (χ0) is 14.7. The Balaban J connectivity index is 1.74. The Labute approximate surface area is 125 Å². The van der Waals surface area contributed by atoms with Gasteiger partial charge in [-0.3, -0.25) is 4.98 Å². The lowest BCUT2D eigenvalue weighted by atomic mass is 10.0. The molecule has 0 fully saturated rings. The molecular formula is C17H20N2O2. The monoisotopic (exact) mass is 284 g/mol. The van der Waals surface area contributed by atoms with Gasteiger partial charge in [-0.1, -0.05) is 12.1 Å². The van der Waals surface area contributed by atoms with E-state index in [4.69, 9.17) is 9.47 Å². The number of methoxy groups -OCH3 is 1. The predicted molar refractivity (Wildman–Crippen MR) is 81.6 cm³/mol. The molecule has 1 aromatic carbocycles. The Kier molecular flexibility index (Phi) is 4.06. The largest absolute Gasteiger partial charge is 0.497 e. The van der Waals surface area contributed by atoms with E-state index < -0.39 is 0 Å². The molecule has 3 rings (SSSR count). The summed E-state index contributed by atoms with van der Waals surface area (Å²) in [4.78, 5) is 4.47. The fourth-order valence-electron chi connectivity index (χ4n) is 2.66. The van der Waals surface area contributed by atoms with Crippen molar-refractivity contribution in [3.8, 4) is 11.5 Å². The summed E-state index contributed by atoms with van der Waals surface area (Å²) >= 11 is 0. The van der Waals surface area contributed by atoms with Gasteiger partial charge in [0.2, 0.25) is 0 Å². The van der Waals surface area contributed by atoms with Gasteiger partial charge >= 0.3 is 0 Å². The molecule has 0 bridgehead atoms. The number of pyridine rings is 1. The molecule has 4 heteroatoms. The average molecular weight is 284 g/mol. The summed E-state index contributed by atoms with van der Waals surface area (Å²) in [5.41, 5.74) is 2.24. The van der Waals surface area contributed by atoms with Crippen LogP contribution in [0.1, 0.15) is 36.7 Å². The minimum absolute atomic E-state index is 0.229. The first-order chi connectivity index (χ1) is 10.3. The van der Waals surface area contributed by atoms with Gasteiger partial charge < -0.3 is 14.8 Å². The average Bonchev–Trinajstić information content (AvgIpc) is 2.55. The molecule has 4 nitrogen and oxygen atoms in total. The van der Waals surface area contributed by atoms with Crippen LogP contribution >= 0.6 is 0 Å². The lowest BCUT2D eigenvalue weighted by molar-refractivity contribution is 0.241. The first-order valence-corrected chi connectivity index (χ1v) is 7.25. The maximum atomic E-state index is 5.65. The Morgan fingerprint density at radius 1 is 1.29 bits per heavy atom. The summed E-state index contributed by atoms with van der Waals surface area (Å²) in [6, 6.07) is 12.5. The number of ether oxygens (including phenoxy) is 2. The second-order valence-electron chi connectivity index (χ2n) is 5.24. The van der Waals surface area contributed by atoms with E-state index in [1.165, 1.54) is 5.56 Å². The van der Waals surface area contributed by atoms with Gasteiger partial charge in [-0.15, -0.1) is 0 Å². The van der Waals surface area contributed by atoms with Crippen molar-refractivity contribution in [2.75, 3.05) is 13.7 Å². The van der Waals surface area contributed by atoms with Crippen LogP contribution in [0.3, 0.4) is 0 Å². The van der Waals surface area contributed by atoms with Crippen LogP contribution in [0.2, 0.25) is 0 Å². The third-order valence-electron chi connectivity index (χ3n) is 3.86. The molecule has 0 saturated carbocycles. The maximum Gasteiger partial charge on any atom is 0.142 e. The van der Waals surface area contributed by atoms with Gasteiger partial charge in [-0.25, -0.2) is 0 Å².